The van der Waals surface area contributed by atoms with Crippen molar-refractivity contribution in [1.82, 2.24) is 0 Å². The lowest BCUT2D eigenvalue weighted by atomic mass is 9.48. The first-order valence-electron chi connectivity index (χ1n) is 12.4. The number of ether oxygens (including phenoxy) is 2. The molecule has 0 unspecified atom stereocenters. The van der Waals surface area contributed by atoms with E-state index in [1.54, 1.807) is 19.1 Å². The van der Waals surface area contributed by atoms with Crippen molar-refractivity contribution in [2.24, 2.45) is 17.3 Å². The van der Waals surface area contributed by atoms with E-state index in [-0.39, 0.29) is 53.6 Å². The minimum atomic E-state index is -1.14. The van der Waals surface area contributed by atoms with Crippen molar-refractivity contribution in [3.05, 3.63) is 47.0 Å². The Morgan fingerprint density at radius 2 is 2.12 bits per heavy atom. The van der Waals surface area contributed by atoms with E-state index >= 15 is 0 Å². The van der Waals surface area contributed by atoms with Crippen molar-refractivity contribution in [1.29, 1.82) is 0 Å². The van der Waals surface area contributed by atoms with Crippen LogP contribution in [0.5, 0.6) is 0 Å². The van der Waals surface area contributed by atoms with Crippen molar-refractivity contribution in [3.63, 3.8) is 0 Å². The molecule has 1 aromatic rings. The number of hydrogen-bond donors (Lipinski definition) is 1. The minimum Gasteiger partial charge on any atom is -0.464 e. The van der Waals surface area contributed by atoms with E-state index in [2.05, 4.69) is 18.2 Å². The summed E-state index contributed by atoms with van der Waals surface area (Å²) in [6.07, 6.45) is 5.26. The van der Waals surface area contributed by atoms with Gasteiger partial charge in [-0.1, -0.05) is 38.1 Å². The van der Waals surface area contributed by atoms with Gasteiger partial charge in [0, 0.05) is 17.8 Å². The number of rotatable bonds is 7. The topological polar surface area (TPSA) is 93.2 Å². The molecule has 1 aromatic carbocycles. The Kier molecular flexibility index (Phi) is 5.60. The van der Waals surface area contributed by atoms with E-state index < -0.39 is 11.0 Å². The smallest absolute Gasteiger partial charge is 0.293 e. The standard InChI is InChI=1S/C28H34O6/c1-15(17(3)30)12-22(33-14-29)16(2)18-7-9-20-19(13-18)8-10-21-24(20)25-26(34-25)28(32)11-5-6-23(31)27(21,28)4/h5-7,9,13-16,21-22,24-26,32H,8,10-12H2,1-4H3/t15-,16-,21+,22+,24+,25+,26-,27-,28-/m0/s1. The summed E-state index contributed by atoms with van der Waals surface area (Å²) in [4.78, 5) is 36.1. The van der Waals surface area contributed by atoms with Crippen LogP contribution in [0.25, 0.3) is 0 Å². The molecule has 1 saturated heterocycles. The third kappa shape index (κ3) is 3.25. The Morgan fingerprint density at radius 1 is 1.35 bits per heavy atom. The zero-order valence-corrected chi connectivity index (χ0v) is 20.3. The largest absolute Gasteiger partial charge is 0.464 e. The fourth-order valence-electron chi connectivity index (χ4n) is 7.03. The number of fused-ring (bicyclic) bond motifs is 8. The number of ketones is 2. The maximum absolute atomic E-state index is 13.1. The zero-order valence-electron chi connectivity index (χ0n) is 20.3. The van der Waals surface area contributed by atoms with Crippen LogP contribution in [0.15, 0.2) is 30.4 Å². The van der Waals surface area contributed by atoms with Crippen LogP contribution in [-0.2, 0) is 30.3 Å². The first kappa shape index (κ1) is 23.4. The molecular formula is C28H34O6. The Balaban J connectivity index is 1.45. The van der Waals surface area contributed by atoms with Crippen LogP contribution in [0.1, 0.15) is 75.5 Å². The summed E-state index contributed by atoms with van der Waals surface area (Å²) in [7, 11) is 0. The number of aliphatic hydroxyl groups is 1. The van der Waals surface area contributed by atoms with Crippen LogP contribution in [0.3, 0.4) is 0 Å². The Bertz CT molecular complexity index is 1060. The van der Waals surface area contributed by atoms with Gasteiger partial charge in [0.15, 0.2) is 5.78 Å². The van der Waals surface area contributed by atoms with Crippen molar-refractivity contribution in [2.45, 2.75) is 89.1 Å². The van der Waals surface area contributed by atoms with Crippen molar-refractivity contribution >= 4 is 18.0 Å². The fourth-order valence-corrected chi connectivity index (χ4v) is 7.03. The molecule has 1 heterocycles. The van der Waals surface area contributed by atoms with E-state index in [9.17, 15) is 19.5 Å². The molecule has 2 fully saturated rings. The number of epoxide rings is 1. The van der Waals surface area contributed by atoms with Gasteiger partial charge in [-0.15, -0.1) is 0 Å². The van der Waals surface area contributed by atoms with E-state index in [4.69, 9.17) is 9.47 Å². The number of Topliss-reactive ketones (excluding diaryl/α,β-unsaturated/α-hetero) is 1. The molecule has 0 bridgehead atoms. The fraction of sp³-hybridized carbons (Fsp3) is 0.607. The van der Waals surface area contributed by atoms with E-state index in [0.717, 1.165) is 18.4 Å². The number of carbonyl (C=O) groups excluding carboxylic acids is 3. The van der Waals surface area contributed by atoms with Crippen molar-refractivity contribution in [3.8, 4) is 0 Å². The van der Waals surface area contributed by atoms with Crippen LogP contribution in [0.2, 0.25) is 0 Å². The highest BCUT2D eigenvalue weighted by Gasteiger charge is 2.75. The van der Waals surface area contributed by atoms with E-state index in [1.807, 2.05) is 20.8 Å². The molecule has 5 rings (SSSR count). The third-order valence-electron chi connectivity index (χ3n) is 9.48. The summed E-state index contributed by atoms with van der Waals surface area (Å²) < 4.78 is 11.5. The van der Waals surface area contributed by atoms with Crippen molar-refractivity contribution < 1.29 is 29.0 Å². The summed E-state index contributed by atoms with van der Waals surface area (Å²) in [6.45, 7) is 7.87. The maximum Gasteiger partial charge on any atom is 0.293 e. The highest BCUT2D eigenvalue weighted by molar-refractivity contribution is 5.97. The molecule has 9 atom stereocenters. The first-order valence-corrected chi connectivity index (χ1v) is 12.4. The molecule has 0 spiro atoms. The highest BCUT2D eigenvalue weighted by Crippen LogP contribution is 2.66. The average molecular weight is 467 g/mol. The van der Waals surface area contributed by atoms with Gasteiger partial charge in [-0.3, -0.25) is 14.4 Å². The quantitative estimate of drug-likeness (QED) is 0.487. The second-order valence-corrected chi connectivity index (χ2v) is 11.1. The van der Waals surface area contributed by atoms with Gasteiger partial charge >= 0.3 is 0 Å². The number of hydrogen-bond acceptors (Lipinski definition) is 6. The molecule has 6 heteroatoms. The minimum absolute atomic E-state index is 0.00679. The zero-order chi connectivity index (χ0) is 24.4. The van der Waals surface area contributed by atoms with Gasteiger partial charge in [0.2, 0.25) is 0 Å². The molecule has 0 radical (unpaired) electrons. The molecule has 4 aliphatic rings. The molecule has 3 aliphatic carbocycles. The predicted octanol–water partition coefficient (Wildman–Crippen LogP) is 3.64. The lowest BCUT2D eigenvalue weighted by molar-refractivity contribution is -0.164. The summed E-state index contributed by atoms with van der Waals surface area (Å²) in [5.41, 5.74) is 1.53. The number of benzene rings is 1. The lowest BCUT2D eigenvalue weighted by Gasteiger charge is -2.55. The van der Waals surface area contributed by atoms with Gasteiger partial charge in [-0.25, -0.2) is 0 Å². The summed E-state index contributed by atoms with van der Waals surface area (Å²) >= 11 is 0. The van der Waals surface area contributed by atoms with E-state index in [0.29, 0.717) is 19.3 Å². The van der Waals surface area contributed by atoms with Crippen LogP contribution < -0.4 is 0 Å². The van der Waals surface area contributed by atoms with Crippen LogP contribution in [0.4, 0.5) is 0 Å². The predicted molar refractivity (Wildman–Crippen MR) is 125 cm³/mol. The van der Waals surface area contributed by atoms with E-state index in [1.165, 1.54) is 11.1 Å². The van der Waals surface area contributed by atoms with Crippen LogP contribution >= 0.6 is 0 Å². The molecule has 0 aromatic heterocycles. The molecule has 6 nitrogen and oxygen atoms in total. The summed E-state index contributed by atoms with van der Waals surface area (Å²) in [5.74, 6) is -0.0412. The Labute approximate surface area is 200 Å². The number of carbonyl (C=O) groups is 3. The highest BCUT2D eigenvalue weighted by atomic mass is 16.6. The maximum atomic E-state index is 13.1. The summed E-state index contributed by atoms with van der Waals surface area (Å²) in [5, 5.41) is 11.6. The summed E-state index contributed by atoms with van der Waals surface area (Å²) in [6, 6.07) is 6.41. The first-order chi connectivity index (χ1) is 16.1. The molecule has 1 aliphatic heterocycles. The molecule has 34 heavy (non-hydrogen) atoms. The number of aryl methyl sites for hydroxylation is 1. The van der Waals surface area contributed by atoms with Gasteiger partial charge in [-0.2, -0.15) is 0 Å². The second kappa shape index (κ2) is 8.13. The van der Waals surface area contributed by atoms with Gasteiger partial charge in [0.1, 0.15) is 23.6 Å². The average Bonchev–Trinajstić information content (AvgIpc) is 3.61. The normalized spacial score (nSPS) is 37.9. The third-order valence-corrected chi connectivity index (χ3v) is 9.48. The lowest BCUT2D eigenvalue weighted by Crippen LogP contribution is -2.65. The molecule has 0 amide bonds. The molecular weight excluding hydrogens is 432 g/mol. The molecule has 1 N–H and O–H groups in total. The van der Waals surface area contributed by atoms with Gasteiger partial charge in [-0.05, 0) is 68.2 Å². The Morgan fingerprint density at radius 3 is 2.82 bits per heavy atom. The number of allylic oxidation sites excluding steroid dienone is 1. The second-order valence-electron chi connectivity index (χ2n) is 11.1. The molecule has 182 valence electrons. The Hall–Kier alpha value is -2.31. The SMILES string of the molecule is CC(=O)[C@@H](C)C[C@@H](OC=O)[C@@H](C)c1ccc2c(c1)CC[C@@H]1[C@@H]2[C@H]2O[C@@H]2[C@@]2(O)CC=CC(=O)[C@]12C. The van der Waals surface area contributed by atoms with Crippen molar-refractivity contribution in [2.75, 3.05) is 0 Å². The van der Waals surface area contributed by atoms with Gasteiger partial charge < -0.3 is 14.6 Å². The van der Waals surface area contributed by atoms with Crippen LogP contribution in [-0.4, -0.2) is 47.1 Å². The van der Waals surface area contributed by atoms with Gasteiger partial charge in [0.25, 0.3) is 6.47 Å². The van der Waals surface area contributed by atoms with Crippen LogP contribution in [0, 0.1) is 17.3 Å². The molecule has 1 saturated carbocycles. The van der Waals surface area contributed by atoms with Gasteiger partial charge in [0.05, 0.1) is 11.5 Å². The monoisotopic (exact) mass is 466 g/mol.